The van der Waals surface area contributed by atoms with Crippen LogP contribution < -0.4 is 5.73 Å². The molecule has 3 N–H and O–H groups in total. The number of phenols is 1. The Kier molecular flexibility index (Phi) is 3.22. The van der Waals surface area contributed by atoms with Crippen LogP contribution in [-0.4, -0.2) is 42.0 Å². The fraction of sp³-hybridized carbons (Fsp3) is 0.368. The molecule has 2 aromatic heterocycles. The van der Waals surface area contributed by atoms with Crippen LogP contribution in [0.1, 0.15) is 36.9 Å². The third-order valence-electron chi connectivity index (χ3n) is 5.85. The highest BCUT2D eigenvalue weighted by Gasteiger charge is 2.50. The van der Waals surface area contributed by atoms with Crippen LogP contribution in [0.25, 0.3) is 11.2 Å². The van der Waals surface area contributed by atoms with Crippen LogP contribution >= 0.6 is 0 Å². The molecule has 5 rings (SSSR count). The molecule has 1 amide bonds. The zero-order valence-corrected chi connectivity index (χ0v) is 15.0. The number of anilines is 1. The van der Waals surface area contributed by atoms with E-state index >= 15 is 0 Å². The summed E-state index contributed by atoms with van der Waals surface area (Å²) in [5.41, 5.74) is 9.22. The first kappa shape index (κ1) is 16.0. The number of nitrogens with two attached hydrogens (primary N) is 1. The summed E-state index contributed by atoms with van der Waals surface area (Å²) in [6, 6.07) is 5.03. The van der Waals surface area contributed by atoms with Gasteiger partial charge in [-0.1, -0.05) is 6.07 Å². The van der Waals surface area contributed by atoms with Crippen LogP contribution in [0.2, 0.25) is 0 Å². The molecule has 3 heterocycles. The molecular weight excluding hydrogens is 344 g/mol. The Morgan fingerprint density at radius 2 is 2.11 bits per heavy atom. The van der Waals surface area contributed by atoms with E-state index in [1.807, 2.05) is 24.0 Å². The lowest BCUT2D eigenvalue weighted by molar-refractivity contribution is -0.135. The maximum atomic E-state index is 13.3. The van der Waals surface area contributed by atoms with Gasteiger partial charge in [0, 0.05) is 18.5 Å². The highest BCUT2D eigenvalue weighted by atomic mass is 16.3. The molecule has 138 valence electrons. The summed E-state index contributed by atoms with van der Waals surface area (Å²) >= 11 is 0. The SMILES string of the molecule is CC(C(=O)N1Cc2ccc(O)cc2C2(CC2)C1)n1cnc2c(N)ncnc21. The lowest BCUT2D eigenvalue weighted by Gasteiger charge is -2.36. The van der Waals surface area contributed by atoms with E-state index in [4.69, 9.17) is 5.73 Å². The molecule has 1 unspecified atom stereocenters. The lowest BCUT2D eigenvalue weighted by atomic mass is 9.86. The van der Waals surface area contributed by atoms with Gasteiger partial charge in [0.05, 0.1) is 6.33 Å². The first-order valence-corrected chi connectivity index (χ1v) is 9.03. The second kappa shape index (κ2) is 5.42. The van der Waals surface area contributed by atoms with Gasteiger partial charge in [0.25, 0.3) is 0 Å². The van der Waals surface area contributed by atoms with Gasteiger partial charge in [-0.15, -0.1) is 0 Å². The number of amides is 1. The Morgan fingerprint density at radius 1 is 1.30 bits per heavy atom. The second-order valence-corrected chi connectivity index (χ2v) is 7.58. The fourth-order valence-electron chi connectivity index (χ4n) is 4.18. The highest BCUT2D eigenvalue weighted by molar-refractivity contribution is 5.85. The number of rotatable bonds is 2. The van der Waals surface area contributed by atoms with Crippen molar-refractivity contribution in [3.05, 3.63) is 42.0 Å². The summed E-state index contributed by atoms with van der Waals surface area (Å²) in [5, 5.41) is 9.85. The quantitative estimate of drug-likeness (QED) is 0.717. The molecule has 1 aromatic carbocycles. The summed E-state index contributed by atoms with van der Waals surface area (Å²) < 4.78 is 1.75. The van der Waals surface area contributed by atoms with Gasteiger partial charge in [0.15, 0.2) is 11.5 Å². The van der Waals surface area contributed by atoms with Crippen LogP contribution in [0, 0.1) is 0 Å². The Bertz CT molecular complexity index is 1070. The van der Waals surface area contributed by atoms with Gasteiger partial charge in [-0.2, -0.15) is 0 Å². The summed E-state index contributed by atoms with van der Waals surface area (Å²) in [7, 11) is 0. The van der Waals surface area contributed by atoms with Crippen LogP contribution in [0.4, 0.5) is 5.82 Å². The minimum atomic E-state index is -0.446. The Hall–Kier alpha value is -3.16. The van der Waals surface area contributed by atoms with Crippen molar-refractivity contribution in [1.29, 1.82) is 0 Å². The predicted molar refractivity (Wildman–Crippen MR) is 98.9 cm³/mol. The van der Waals surface area contributed by atoms with Crippen LogP contribution in [-0.2, 0) is 16.8 Å². The number of carbonyl (C=O) groups excluding carboxylic acids is 1. The minimum absolute atomic E-state index is 0.00862. The molecule has 1 fully saturated rings. The zero-order valence-electron chi connectivity index (χ0n) is 15.0. The largest absolute Gasteiger partial charge is 0.508 e. The number of hydrogen-bond donors (Lipinski definition) is 2. The number of aromatic hydroxyl groups is 1. The smallest absolute Gasteiger partial charge is 0.245 e. The molecule has 1 aliphatic heterocycles. The number of nitrogen functional groups attached to an aromatic ring is 1. The lowest BCUT2D eigenvalue weighted by Crippen LogP contribution is -2.44. The van der Waals surface area contributed by atoms with E-state index in [-0.39, 0.29) is 17.1 Å². The van der Waals surface area contributed by atoms with Crippen molar-refractivity contribution in [1.82, 2.24) is 24.4 Å². The number of nitrogens with zero attached hydrogens (tertiary/aromatic N) is 5. The maximum Gasteiger partial charge on any atom is 0.245 e. The van der Waals surface area contributed by atoms with Crippen molar-refractivity contribution >= 4 is 22.9 Å². The van der Waals surface area contributed by atoms with E-state index in [0.29, 0.717) is 30.1 Å². The Morgan fingerprint density at radius 3 is 2.89 bits per heavy atom. The highest BCUT2D eigenvalue weighted by Crippen LogP contribution is 2.53. The first-order valence-electron chi connectivity index (χ1n) is 9.03. The summed E-state index contributed by atoms with van der Waals surface area (Å²) in [6.07, 6.45) is 5.07. The molecule has 8 heteroatoms. The van der Waals surface area contributed by atoms with Crippen molar-refractivity contribution < 1.29 is 9.90 Å². The van der Waals surface area contributed by atoms with E-state index in [9.17, 15) is 9.90 Å². The monoisotopic (exact) mass is 364 g/mol. The van der Waals surface area contributed by atoms with Gasteiger partial charge in [0.1, 0.15) is 23.6 Å². The van der Waals surface area contributed by atoms with E-state index in [1.54, 1.807) is 17.0 Å². The summed E-state index contributed by atoms with van der Waals surface area (Å²) in [6.45, 7) is 3.08. The number of imidazole rings is 1. The first-order chi connectivity index (χ1) is 13.0. The third kappa shape index (κ3) is 2.36. The average molecular weight is 364 g/mol. The molecule has 1 spiro atoms. The molecule has 0 bridgehead atoms. The average Bonchev–Trinajstić information content (AvgIpc) is 3.29. The maximum absolute atomic E-state index is 13.3. The molecule has 3 aromatic rings. The summed E-state index contributed by atoms with van der Waals surface area (Å²) in [4.78, 5) is 27.6. The molecule has 8 nitrogen and oxygen atoms in total. The number of fused-ring (bicyclic) bond motifs is 3. The fourth-order valence-corrected chi connectivity index (χ4v) is 4.18. The molecule has 2 aliphatic rings. The number of carbonyl (C=O) groups is 1. The zero-order chi connectivity index (χ0) is 18.8. The molecule has 1 saturated carbocycles. The number of aromatic nitrogens is 4. The molecule has 0 radical (unpaired) electrons. The van der Waals surface area contributed by atoms with E-state index in [1.165, 1.54) is 11.9 Å². The van der Waals surface area contributed by atoms with Crippen LogP contribution in [0.5, 0.6) is 5.75 Å². The van der Waals surface area contributed by atoms with Gasteiger partial charge in [0.2, 0.25) is 5.91 Å². The minimum Gasteiger partial charge on any atom is -0.508 e. The third-order valence-corrected chi connectivity index (χ3v) is 5.85. The number of phenolic OH excluding ortho intramolecular Hbond substituents is 1. The van der Waals surface area contributed by atoms with E-state index in [2.05, 4.69) is 15.0 Å². The summed E-state index contributed by atoms with van der Waals surface area (Å²) in [5.74, 6) is 0.619. The van der Waals surface area contributed by atoms with Crippen LogP contribution in [0.15, 0.2) is 30.9 Å². The predicted octanol–water partition coefficient (Wildman–Crippen LogP) is 1.75. The molecule has 1 atom stereocenters. The van der Waals surface area contributed by atoms with Crippen molar-refractivity contribution in [3.8, 4) is 5.75 Å². The topological polar surface area (TPSA) is 110 Å². The van der Waals surface area contributed by atoms with Crippen molar-refractivity contribution in [2.75, 3.05) is 12.3 Å². The van der Waals surface area contributed by atoms with Crippen molar-refractivity contribution in [2.24, 2.45) is 0 Å². The van der Waals surface area contributed by atoms with Gasteiger partial charge in [-0.05, 0) is 43.0 Å². The number of hydrogen-bond acceptors (Lipinski definition) is 6. The van der Waals surface area contributed by atoms with Gasteiger partial charge >= 0.3 is 0 Å². The van der Waals surface area contributed by atoms with E-state index < -0.39 is 6.04 Å². The van der Waals surface area contributed by atoms with E-state index in [0.717, 1.165) is 18.4 Å². The van der Waals surface area contributed by atoms with Gasteiger partial charge < -0.3 is 20.3 Å². The second-order valence-electron chi connectivity index (χ2n) is 7.58. The molecular formula is C19H20N6O2. The van der Waals surface area contributed by atoms with Crippen molar-refractivity contribution in [3.63, 3.8) is 0 Å². The standard InChI is InChI=1S/C19H20N6O2/c1-11(25-10-23-15-16(20)21-9-22-17(15)25)18(27)24-7-12-2-3-13(26)6-14(12)19(8-24)4-5-19/h2-3,6,9-11,26H,4-5,7-8H2,1H3,(H2,20,21,22). The Balaban J connectivity index is 1.47. The number of benzene rings is 1. The normalized spacial score (nSPS) is 18.5. The Labute approximate surface area is 155 Å². The van der Waals surface area contributed by atoms with Gasteiger partial charge in [-0.25, -0.2) is 15.0 Å². The molecule has 0 saturated heterocycles. The van der Waals surface area contributed by atoms with Crippen LogP contribution in [0.3, 0.4) is 0 Å². The molecule has 27 heavy (non-hydrogen) atoms. The van der Waals surface area contributed by atoms with Crippen molar-refractivity contribution in [2.45, 2.75) is 37.8 Å². The van der Waals surface area contributed by atoms with Gasteiger partial charge in [-0.3, -0.25) is 4.79 Å². The molecule has 1 aliphatic carbocycles.